The Balaban J connectivity index is 1.70. The lowest BCUT2D eigenvalue weighted by atomic mass is 10.2. The van der Waals surface area contributed by atoms with E-state index in [0.717, 1.165) is 0 Å². The number of halogens is 1. The average molecular weight is 407 g/mol. The first-order valence-corrected chi connectivity index (χ1v) is 10.4. The summed E-state index contributed by atoms with van der Waals surface area (Å²) in [6.45, 7) is 1.94. The fourth-order valence-electron chi connectivity index (χ4n) is 3.06. The van der Waals surface area contributed by atoms with Crippen LogP contribution in [0.4, 0.5) is 5.69 Å². The van der Waals surface area contributed by atoms with Gasteiger partial charge in [-0.25, -0.2) is 8.42 Å². The number of nitrogens with one attached hydrogen (secondary N) is 1. The van der Waals surface area contributed by atoms with Gasteiger partial charge in [0.2, 0.25) is 5.91 Å². The highest BCUT2D eigenvalue weighted by Crippen LogP contribution is 2.26. The molecule has 142 valence electrons. The molecule has 1 heterocycles. The highest BCUT2D eigenvalue weighted by atomic mass is 35.5. The van der Waals surface area contributed by atoms with E-state index in [1.54, 1.807) is 41.3 Å². The molecule has 0 bridgehead atoms. The molecule has 27 heavy (non-hydrogen) atoms. The number of amides is 2. The van der Waals surface area contributed by atoms with Crippen molar-refractivity contribution in [2.24, 2.45) is 0 Å². The van der Waals surface area contributed by atoms with E-state index in [-0.39, 0.29) is 23.3 Å². The molecule has 0 radical (unpaired) electrons. The average Bonchev–Trinajstić information content (AvgIpc) is 3.12. The fraction of sp³-hybridized carbons (Fsp3) is 0.263. The van der Waals surface area contributed by atoms with Crippen molar-refractivity contribution in [2.75, 3.05) is 18.4 Å². The van der Waals surface area contributed by atoms with E-state index in [2.05, 4.69) is 5.32 Å². The zero-order valence-corrected chi connectivity index (χ0v) is 16.3. The van der Waals surface area contributed by atoms with Gasteiger partial charge in [-0.15, -0.1) is 0 Å². The summed E-state index contributed by atoms with van der Waals surface area (Å²) >= 11 is 5.82. The molecule has 2 aromatic carbocycles. The van der Waals surface area contributed by atoms with Gasteiger partial charge in [-0.2, -0.15) is 0 Å². The molecule has 6 nitrogen and oxygen atoms in total. The van der Waals surface area contributed by atoms with E-state index in [0.29, 0.717) is 29.2 Å². The second-order valence-electron chi connectivity index (χ2n) is 6.42. The van der Waals surface area contributed by atoms with Crippen LogP contribution in [0.5, 0.6) is 0 Å². The first-order valence-electron chi connectivity index (χ1n) is 8.44. The second kappa shape index (κ2) is 7.70. The monoisotopic (exact) mass is 406 g/mol. The van der Waals surface area contributed by atoms with E-state index in [9.17, 15) is 18.0 Å². The summed E-state index contributed by atoms with van der Waals surface area (Å²) in [5.74, 6) is -0.415. The van der Waals surface area contributed by atoms with Crippen LogP contribution in [-0.2, 0) is 14.6 Å². The maximum Gasteiger partial charge on any atom is 0.253 e. The molecule has 0 saturated carbocycles. The number of hydrogen-bond acceptors (Lipinski definition) is 4. The molecule has 0 unspecified atom stereocenters. The van der Waals surface area contributed by atoms with Gasteiger partial charge in [0.15, 0.2) is 9.84 Å². The van der Waals surface area contributed by atoms with Crippen LogP contribution in [0.1, 0.15) is 23.7 Å². The van der Waals surface area contributed by atoms with Crippen molar-refractivity contribution in [2.45, 2.75) is 23.5 Å². The summed E-state index contributed by atoms with van der Waals surface area (Å²) in [6, 6.07) is 12.6. The molecule has 0 aliphatic carbocycles. The highest BCUT2D eigenvalue weighted by molar-refractivity contribution is 7.92. The predicted molar refractivity (Wildman–Crippen MR) is 104 cm³/mol. The molecule has 1 saturated heterocycles. The number of hydrogen-bond donors (Lipinski definition) is 1. The van der Waals surface area contributed by atoms with Crippen molar-refractivity contribution in [1.82, 2.24) is 4.90 Å². The molecular formula is C19H19ClN2O4S. The maximum absolute atomic E-state index is 12.8. The summed E-state index contributed by atoms with van der Waals surface area (Å²) in [4.78, 5) is 25.5. The number of sulfone groups is 1. The van der Waals surface area contributed by atoms with E-state index in [1.807, 2.05) is 0 Å². The largest absolute Gasteiger partial charge is 0.337 e. The number of nitrogens with zero attached hydrogens (tertiary/aromatic N) is 1. The zero-order valence-electron chi connectivity index (χ0n) is 14.7. The first kappa shape index (κ1) is 19.4. The van der Waals surface area contributed by atoms with Crippen LogP contribution >= 0.6 is 11.6 Å². The van der Waals surface area contributed by atoms with Crippen LogP contribution in [0.15, 0.2) is 53.4 Å². The summed E-state index contributed by atoms with van der Waals surface area (Å²) in [6.07, 6.45) is 0.390. The van der Waals surface area contributed by atoms with Crippen LogP contribution < -0.4 is 5.32 Å². The van der Waals surface area contributed by atoms with Gasteiger partial charge < -0.3 is 10.2 Å². The van der Waals surface area contributed by atoms with Gasteiger partial charge in [-0.05, 0) is 55.0 Å². The van der Waals surface area contributed by atoms with E-state index in [4.69, 9.17) is 11.6 Å². The molecule has 2 aromatic rings. The van der Waals surface area contributed by atoms with E-state index >= 15 is 0 Å². The third-order valence-electron chi connectivity index (χ3n) is 4.47. The van der Waals surface area contributed by atoms with Crippen LogP contribution in [0, 0.1) is 0 Å². The molecule has 8 heteroatoms. The van der Waals surface area contributed by atoms with Crippen LogP contribution in [0.25, 0.3) is 0 Å². The standard InChI is InChI=1S/C19H19ClN2O4S/c1-13(23)21-16-6-2-14(3-7-16)19(24)22-11-10-18(12-22)27(25,26)17-8-4-15(20)5-9-17/h2-9,18H,10-12H2,1H3,(H,21,23)/t18-/m1/s1. The van der Waals surface area contributed by atoms with Gasteiger partial charge in [0, 0.05) is 36.3 Å². The lowest BCUT2D eigenvalue weighted by molar-refractivity contribution is -0.114. The number of benzene rings is 2. The van der Waals surface area contributed by atoms with Crippen LogP contribution in [0.2, 0.25) is 5.02 Å². The Kier molecular flexibility index (Phi) is 5.53. The minimum atomic E-state index is -3.52. The Labute approximate surface area is 163 Å². The Morgan fingerprint density at radius 2 is 1.70 bits per heavy atom. The van der Waals surface area contributed by atoms with Gasteiger partial charge in [0.1, 0.15) is 0 Å². The second-order valence-corrected chi connectivity index (χ2v) is 9.08. The lowest BCUT2D eigenvalue weighted by Gasteiger charge is -2.17. The minimum Gasteiger partial charge on any atom is -0.337 e. The SMILES string of the molecule is CC(=O)Nc1ccc(C(=O)N2CC[C@@H](S(=O)(=O)c3ccc(Cl)cc3)C2)cc1. The molecule has 2 amide bonds. The van der Waals surface area contributed by atoms with E-state index < -0.39 is 15.1 Å². The number of rotatable bonds is 4. The Hall–Kier alpha value is -2.38. The number of carbonyl (C=O) groups is 2. The Morgan fingerprint density at radius 3 is 2.30 bits per heavy atom. The summed E-state index contributed by atoms with van der Waals surface area (Å²) in [7, 11) is -3.52. The normalized spacial score (nSPS) is 17.0. The Morgan fingerprint density at radius 1 is 1.07 bits per heavy atom. The van der Waals surface area contributed by atoms with E-state index in [1.165, 1.54) is 19.1 Å². The zero-order chi connectivity index (χ0) is 19.6. The van der Waals surface area contributed by atoms with Gasteiger partial charge >= 0.3 is 0 Å². The van der Waals surface area contributed by atoms with Gasteiger partial charge in [-0.3, -0.25) is 9.59 Å². The molecule has 1 aliphatic rings. The molecule has 0 spiro atoms. The van der Waals surface area contributed by atoms with Gasteiger partial charge in [0.25, 0.3) is 5.91 Å². The quantitative estimate of drug-likeness (QED) is 0.846. The fourth-order valence-corrected chi connectivity index (χ4v) is 4.88. The number of likely N-dealkylation sites (tertiary alicyclic amines) is 1. The number of carbonyl (C=O) groups excluding carboxylic acids is 2. The number of anilines is 1. The van der Waals surface area contributed by atoms with Crippen LogP contribution in [-0.4, -0.2) is 43.5 Å². The highest BCUT2D eigenvalue weighted by Gasteiger charge is 2.36. The first-order chi connectivity index (χ1) is 12.8. The molecule has 1 N–H and O–H groups in total. The molecule has 1 fully saturated rings. The van der Waals surface area contributed by atoms with Gasteiger partial charge in [-0.1, -0.05) is 11.6 Å². The third kappa shape index (κ3) is 4.31. The molecule has 3 rings (SSSR count). The summed E-state index contributed by atoms with van der Waals surface area (Å²) in [5.41, 5.74) is 1.05. The van der Waals surface area contributed by atoms with Crippen molar-refractivity contribution in [3.05, 3.63) is 59.1 Å². The molecule has 0 aromatic heterocycles. The van der Waals surface area contributed by atoms with Crippen molar-refractivity contribution in [3.8, 4) is 0 Å². The van der Waals surface area contributed by atoms with Crippen molar-refractivity contribution in [3.63, 3.8) is 0 Å². The lowest BCUT2D eigenvalue weighted by Crippen LogP contribution is -2.31. The van der Waals surface area contributed by atoms with Crippen molar-refractivity contribution >= 4 is 38.9 Å². The molecule has 1 aliphatic heterocycles. The maximum atomic E-state index is 12.8. The van der Waals surface area contributed by atoms with Crippen molar-refractivity contribution < 1.29 is 18.0 Å². The molecule has 1 atom stereocenters. The summed E-state index contributed by atoms with van der Waals surface area (Å²) in [5, 5.41) is 2.47. The topological polar surface area (TPSA) is 83.6 Å². The Bertz CT molecular complexity index is 956. The van der Waals surface area contributed by atoms with Gasteiger partial charge in [0.05, 0.1) is 10.1 Å². The third-order valence-corrected chi connectivity index (χ3v) is 6.91. The smallest absolute Gasteiger partial charge is 0.253 e. The minimum absolute atomic E-state index is 0.150. The van der Waals surface area contributed by atoms with Crippen molar-refractivity contribution in [1.29, 1.82) is 0 Å². The summed E-state index contributed by atoms with van der Waals surface area (Å²) < 4.78 is 25.6. The molecular weight excluding hydrogens is 388 g/mol. The predicted octanol–water partition coefficient (Wildman–Crippen LogP) is 2.99. The van der Waals surface area contributed by atoms with Crippen LogP contribution in [0.3, 0.4) is 0 Å².